The van der Waals surface area contributed by atoms with Crippen LogP contribution in [0.4, 0.5) is 4.79 Å². The van der Waals surface area contributed by atoms with E-state index in [1.165, 1.54) is 36.4 Å². The molecule has 0 aromatic carbocycles. The van der Waals surface area contributed by atoms with Crippen LogP contribution in [0, 0.1) is 11.8 Å². The number of hydrogen-bond donors (Lipinski definition) is 1. The van der Waals surface area contributed by atoms with Gasteiger partial charge < -0.3 is 10.2 Å². The second kappa shape index (κ2) is 7.83. The van der Waals surface area contributed by atoms with E-state index in [1.807, 2.05) is 11.9 Å². The number of hydrogen-bond acceptors (Lipinski definition) is 3. The van der Waals surface area contributed by atoms with E-state index in [-0.39, 0.29) is 23.7 Å². The van der Waals surface area contributed by atoms with Crippen LogP contribution in [0.5, 0.6) is 0 Å². The van der Waals surface area contributed by atoms with E-state index in [4.69, 9.17) is 0 Å². The molecule has 23 heavy (non-hydrogen) atoms. The van der Waals surface area contributed by atoms with Crippen LogP contribution in [0.25, 0.3) is 0 Å². The monoisotopic (exact) mass is 345 g/mol. The summed E-state index contributed by atoms with van der Waals surface area (Å²) in [5.74, 6) is 0.986. The van der Waals surface area contributed by atoms with Gasteiger partial charge in [0.2, 0.25) is 10.0 Å². The Hall–Kier alpha value is -0.820. The molecule has 0 aromatic heterocycles. The van der Waals surface area contributed by atoms with Crippen molar-refractivity contribution in [3.05, 3.63) is 0 Å². The first-order chi connectivity index (χ1) is 10.8. The molecule has 0 bridgehead atoms. The molecule has 0 aromatic rings. The highest BCUT2D eigenvalue weighted by molar-refractivity contribution is 7.89. The molecule has 0 radical (unpaired) electrons. The first kappa shape index (κ1) is 18.5. The van der Waals surface area contributed by atoms with Gasteiger partial charge in [0, 0.05) is 38.6 Å². The van der Waals surface area contributed by atoms with Gasteiger partial charge in [-0.2, -0.15) is 0 Å². The summed E-state index contributed by atoms with van der Waals surface area (Å²) in [6.07, 6.45) is 6.29. The molecule has 0 spiro atoms. The topological polar surface area (TPSA) is 69.7 Å². The number of nitrogens with one attached hydrogen (secondary N) is 1. The number of carbonyl (C=O) groups excluding carboxylic acids is 1. The third-order valence-electron chi connectivity index (χ3n) is 5.49. The fraction of sp³-hybridized carbons (Fsp3) is 0.938. The summed E-state index contributed by atoms with van der Waals surface area (Å²) < 4.78 is 24.8. The molecule has 7 heteroatoms. The number of amides is 2. The molecular formula is C16H31N3O3S. The van der Waals surface area contributed by atoms with Gasteiger partial charge in [0.25, 0.3) is 0 Å². The van der Waals surface area contributed by atoms with Crippen molar-refractivity contribution in [3.8, 4) is 0 Å². The van der Waals surface area contributed by atoms with Crippen LogP contribution in [0.1, 0.15) is 46.0 Å². The number of rotatable bonds is 6. The summed E-state index contributed by atoms with van der Waals surface area (Å²) >= 11 is 0. The van der Waals surface area contributed by atoms with E-state index in [9.17, 15) is 13.2 Å². The molecule has 1 aliphatic carbocycles. The van der Waals surface area contributed by atoms with Crippen molar-refractivity contribution in [2.45, 2.75) is 52.0 Å². The van der Waals surface area contributed by atoms with Crippen LogP contribution < -0.4 is 5.32 Å². The quantitative estimate of drug-likeness (QED) is 0.799. The third kappa shape index (κ3) is 4.59. The predicted molar refractivity (Wildman–Crippen MR) is 91.7 cm³/mol. The van der Waals surface area contributed by atoms with Gasteiger partial charge >= 0.3 is 6.03 Å². The molecular weight excluding hydrogens is 314 g/mol. The highest BCUT2D eigenvalue weighted by Crippen LogP contribution is 2.28. The summed E-state index contributed by atoms with van der Waals surface area (Å²) in [7, 11) is -1.20. The molecule has 1 saturated heterocycles. The van der Waals surface area contributed by atoms with Crippen LogP contribution in [-0.4, -0.2) is 62.1 Å². The largest absolute Gasteiger partial charge is 0.338 e. The minimum atomic E-state index is -3.07. The number of urea groups is 1. The number of nitrogens with zero attached hydrogens (tertiary/aromatic N) is 2. The SMILES string of the molecule is CCS(=O)(=O)N1CC(CNC(=O)N(C)C(C)C2CCCCC2)C1. The van der Waals surface area contributed by atoms with Crippen LogP contribution in [0.15, 0.2) is 0 Å². The van der Waals surface area contributed by atoms with E-state index in [0.29, 0.717) is 25.6 Å². The Labute approximate surface area is 140 Å². The maximum Gasteiger partial charge on any atom is 0.317 e. The smallest absolute Gasteiger partial charge is 0.317 e. The maximum atomic E-state index is 12.3. The molecule has 2 amide bonds. The molecule has 1 aliphatic heterocycles. The van der Waals surface area contributed by atoms with Gasteiger partial charge in [-0.05, 0) is 32.6 Å². The van der Waals surface area contributed by atoms with E-state index >= 15 is 0 Å². The zero-order valence-corrected chi connectivity index (χ0v) is 15.4. The van der Waals surface area contributed by atoms with Gasteiger partial charge in [-0.15, -0.1) is 0 Å². The van der Waals surface area contributed by atoms with Crippen molar-refractivity contribution >= 4 is 16.1 Å². The average Bonchev–Trinajstić information content (AvgIpc) is 2.52. The summed E-state index contributed by atoms with van der Waals surface area (Å²) in [6.45, 7) is 5.40. The highest BCUT2D eigenvalue weighted by Gasteiger charge is 2.35. The van der Waals surface area contributed by atoms with Crippen LogP contribution in [0.2, 0.25) is 0 Å². The van der Waals surface area contributed by atoms with E-state index in [0.717, 1.165) is 0 Å². The Morgan fingerprint density at radius 1 is 1.26 bits per heavy atom. The Morgan fingerprint density at radius 2 is 1.87 bits per heavy atom. The minimum Gasteiger partial charge on any atom is -0.338 e. The summed E-state index contributed by atoms with van der Waals surface area (Å²) in [5.41, 5.74) is 0. The predicted octanol–water partition coefficient (Wildman–Crippen LogP) is 1.88. The first-order valence-electron chi connectivity index (χ1n) is 8.83. The lowest BCUT2D eigenvalue weighted by molar-refractivity contribution is 0.148. The van der Waals surface area contributed by atoms with E-state index in [2.05, 4.69) is 12.2 Å². The van der Waals surface area contributed by atoms with Crippen molar-refractivity contribution in [1.82, 2.24) is 14.5 Å². The van der Waals surface area contributed by atoms with Crippen molar-refractivity contribution in [3.63, 3.8) is 0 Å². The highest BCUT2D eigenvalue weighted by atomic mass is 32.2. The lowest BCUT2D eigenvalue weighted by atomic mass is 9.84. The minimum absolute atomic E-state index is 0.0418. The summed E-state index contributed by atoms with van der Waals surface area (Å²) in [4.78, 5) is 14.1. The first-order valence-corrected chi connectivity index (χ1v) is 10.4. The van der Waals surface area contributed by atoms with Gasteiger partial charge in [0.15, 0.2) is 0 Å². The van der Waals surface area contributed by atoms with Gasteiger partial charge in [0.05, 0.1) is 5.75 Å². The Kier molecular flexibility index (Phi) is 6.31. The molecule has 1 heterocycles. The molecule has 6 nitrogen and oxygen atoms in total. The molecule has 1 unspecified atom stereocenters. The van der Waals surface area contributed by atoms with Crippen molar-refractivity contribution in [2.24, 2.45) is 11.8 Å². The molecule has 134 valence electrons. The Bertz CT molecular complexity index is 497. The zero-order valence-electron chi connectivity index (χ0n) is 14.6. The second-order valence-electron chi connectivity index (χ2n) is 7.02. The fourth-order valence-electron chi connectivity index (χ4n) is 3.54. The van der Waals surface area contributed by atoms with Crippen LogP contribution >= 0.6 is 0 Å². The standard InChI is InChI=1S/C16H31N3O3S/c1-4-23(21,22)19-11-14(12-19)10-17-16(20)18(3)13(2)15-8-6-5-7-9-15/h13-15H,4-12H2,1-3H3,(H,17,20). The Balaban J connectivity index is 1.71. The molecule has 2 fully saturated rings. The average molecular weight is 346 g/mol. The number of carbonyl (C=O) groups is 1. The van der Waals surface area contributed by atoms with Crippen molar-refractivity contribution in [1.29, 1.82) is 0 Å². The second-order valence-corrected chi connectivity index (χ2v) is 9.28. The molecule has 1 atom stereocenters. The molecule has 1 saturated carbocycles. The van der Waals surface area contributed by atoms with Crippen LogP contribution in [0.3, 0.4) is 0 Å². The van der Waals surface area contributed by atoms with Gasteiger partial charge in [-0.1, -0.05) is 19.3 Å². The van der Waals surface area contributed by atoms with Crippen molar-refractivity contribution < 1.29 is 13.2 Å². The zero-order chi connectivity index (χ0) is 17.0. The molecule has 1 N–H and O–H groups in total. The molecule has 2 aliphatic rings. The van der Waals surface area contributed by atoms with E-state index in [1.54, 1.807) is 6.92 Å². The lowest BCUT2D eigenvalue weighted by Gasteiger charge is -2.39. The maximum absolute atomic E-state index is 12.3. The Morgan fingerprint density at radius 3 is 2.43 bits per heavy atom. The number of sulfonamides is 1. The molecule has 2 rings (SSSR count). The summed E-state index contributed by atoms with van der Waals surface area (Å²) in [6, 6.07) is 0.216. The van der Waals surface area contributed by atoms with Gasteiger partial charge in [-0.25, -0.2) is 17.5 Å². The van der Waals surface area contributed by atoms with Gasteiger partial charge in [-0.3, -0.25) is 0 Å². The lowest BCUT2D eigenvalue weighted by Crippen LogP contribution is -2.55. The fourth-order valence-corrected chi connectivity index (χ4v) is 4.78. The van der Waals surface area contributed by atoms with E-state index < -0.39 is 10.0 Å². The summed E-state index contributed by atoms with van der Waals surface area (Å²) in [5, 5.41) is 2.96. The van der Waals surface area contributed by atoms with Gasteiger partial charge in [0.1, 0.15) is 0 Å². The van der Waals surface area contributed by atoms with Crippen LogP contribution in [-0.2, 0) is 10.0 Å². The van der Waals surface area contributed by atoms with Crippen molar-refractivity contribution in [2.75, 3.05) is 32.4 Å². The third-order valence-corrected chi connectivity index (χ3v) is 7.30. The normalized spacial score (nSPS) is 22.4.